The van der Waals surface area contributed by atoms with Gasteiger partial charge < -0.3 is 10.5 Å². The molecular formula is C12H15BrN4O3S. The Morgan fingerprint density at radius 2 is 2.19 bits per heavy atom. The zero-order chi connectivity index (χ0) is 15.6. The van der Waals surface area contributed by atoms with E-state index in [2.05, 4.69) is 25.8 Å². The van der Waals surface area contributed by atoms with Crippen molar-refractivity contribution in [1.29, 1.82) is 0 Å². The van der Waals surface area contributed by atoms with Gasteiger partial charge in [0.05, 0.1) is 22.7 Å². The zero-order valence-corrected chi connectivity index (χ0v) is 13.9. The number of nitrogen functional groups attached to an aromatic ring is 1. The molecule has 114 valence electrons. The topological polar surface area (TPSA) is 99.2 Å². The number of anilines is 1. The fourth-order valence-electron chi connectivity index (χ4n) is 1.70. The van der Waals surface area contributed by atoms with Crippen molar-refractivity contribution >= 4 is 31.8 Å². The highest BCUT2D eigenvalue weighted by molar-refractivity contribution is 9.10. The van der Waals surface area contributed by atoms with Gasteiger partial charge in [0.25, 0.3) is 0 Å². The number of aryl methyl sites for hydroxylation is 1. The lowest BCUT2D eigenvalue weighted by molar-refractivity contribution is 0.411. The van der Waals surface area contributed by atoms with Gasteiger partial charge in [0.15, 0.2) is 0 Å². The van der Waals surface area contributed by atoms with E-state index in [1.165, 1.54) is 30.1 Å². The van der Waals surface area contributed by atoms with Crippen LogP contribution in [0.4, 0.5) is 5.82 Å². The lowest BCUT2D eigenvalue weighted by Gasteiger charge is -2.09. The van der Waals surface area contributed by atoms with Gasteiger partial charge in [-0.1, -0.05) is 0 Å². The fourth-order valence-corrected chi connectivity index (χ4v) is 3.42. The maximum atomic E-state index is 12.2. The third-order valence-electron chi connectivity index (χ3n) is 2.95. The number of hydrogen-bond acceptors (Lipinski definition) is 5. The normalized spacial score (nSPS) is 11.6. The molecule has 9 heteroatoms. The minimum absolute atomic E-state index is 0.0751. The van der Waals surface area contributed by atoms with E-state index in [0.717, 1.165) is 0 Å². The Hall–Kier alpha value is -1.58. The molecule has 0 unspecified atom stereocenters. The van der Waals surface area contributed by atoms with Crippen LogP contribution in [-0.4, -0.2) is 25.3 Å². The average Bonchev–Trinajstić information content (AvgIpc) is 2.76. The molecule has 0 aliphatic carbocycles. The largest absolute Gasteiger partial charge is 0.496 e. The molecule has 0 aliphatic rings. The molecule has 1 aromatic carbocycles. The summed E-state index contributed by atoms with van der Waals surface area (Å²) in [6.07, 6.45) is 1.53. The number of hydrogen-bond donors (Lipinski definition) is 2. The first-order chi connectivity index (χ1) is 9.85. The minimum atomic E-state index is -3.64. The van der Waals surface area contributed by atoms with E-state index in [9.17, 15) is 8.42 Å². The Bertz CT molecular complexity index is 758. The molecule has 0 bridgehead atoms. The van der Waals surface area contributed by atoms with E-state index in [-0.39, 0.29) is 11.4 Å². The fraction of sp³-hybridized carbons (Fsp3) is 0.250. The maximum Gasteiger partial charge on any atom is 0.240 e. The summed E-state index contributed by atoms with van der Waals surface area (Å²) in [4.78, 5) is 0.137. The van der Waals surface area contributed by atoms with Gasteiger partial charge in [-0.15, -0.1) is 0 Å². The number of nitrogens with one attached hydrogen (secondary N) is 1. The molecule has 0 spiro atoms. The molecule has 2 rings (SSSR count). The van der Waals surface area contributed by atoms with Gasteiger partial charge in [-0.05, 0) is 34.1 Å². The number of ether oxygens (including phenoxy) is 1. The molecule has 0 saturated heterocycles. The number of halogens is 1. The molecule has 1 heterocycles. The van der Waals surface area contributed by atoms with Gasteiger partial charge in [-0.25, -0.2) is 13.1 Å². The first-order valence-corrected chi connectivity index (χ1v) is 8.22. The zero-order valence-electron chi connectivity index (χ0n) is 11.5. The average molecular weight is 375 g/mol. The van der Waals surface area contributed by atoms with Crippen molar-refractivity contribution in [1.82, 2.24) is 14.5 Å². The minimum Gasteiger partial charge on any atom is -0.496 e. The molecule has 0 saturated carbocycles. The standard InChI is InChI=1S/C12H15BrN4O3S/c1-17-12(14)8(6-15-17)7-16-21(18,19)9-3-4-11(20-2)10(13)5-9/h3-6,16H,7,14H2,1-2H3. The number of sulfonamides is 1. The predicted molar refractivity (Wildman–Crippen MR) is 82.3 cm³/mol. The van der Waals surface area contributed by atoms with Crippen LogP contribution < -0.4 is 15.2 Å². The number of rotatable bonds is 5. The van der Waals surface area contributed by atoms with Gasteiger partial charge in [-0.2, -0.15) is 5.10 Å². The first kappa shape index (κ1) is 15.8. The number of methoxy groups -OCH3 is 1. The van der Waals surface area contributed by atoms with Crippen LogP contribution in [0.1, 0.15) is 5.56 Å². The van der Waals surface area contributed by atoms with Crippen molar-refractivity contribution in [3.8, 4) is 5.75 Å². The van der Waals surface area contributed by atoms with E-state index < -0.39 is 10.0 Å². The summed E-state index contributed by atoms with van der Waals surface area (Å²) in [5.41, 5.74) is 6.39. The van der Waals surface area contributed by atoms with Crippen molar-refractivity contribution in [2.24, 2.45) is 7.05 Å². The number of nitrogens with two attached hydrogens (primary N) is 1. The second-order valence-corrected chi connectivity index (χ2v) is 6.92. The lowest BCUT2D eigenvalue weighted by Crippen LogP contribution is -2.23. The van der Waals surface area contributed by atoms with Crippen LogP contribution in [0, 0.1) is 0 Å². The van der Waals surface area contributed by atoms with E-state index in [4.69, 9.17) is 10.5 Å². The molecule has 0 fully saturated rings. The van der Waals surface area contributed by atoms with Crippen LogP contribution in [0.5, 0.6) is 5.75 Å². The molecule has 7 nitrogen and oxygen atoms in total. The highest BCUT2D eigenvalue weighted by Gasteiger charge is 2.17. The van der Waals surface area contributed by atoms with E-state index in [0.29, 0.717) is 21.6 Å². The first-order valence-electron chi connectivity index (χ1n) is 5.94. The third kappa shape index (κ3) is 3.36. The second-order valence-electron chi connectivity index (χ2n) is 4.30. The number of benzene rings is 1. The van der Waals surface area contributed by atoms with Crippen LogP contribution >= 0.6 is 15.9 Å². The van der Waals surface area contributed by atoms with Crippen LogP contribution in [-0.2, 0) is 23.6 Å². The molecule has 3 N–H and O–H groups in total. The summed E-state index contributed by atoms with van der Waals surface area (Å²) < 4.78 is 34.1. The number of nitrogens with zero attached hydrogens (tertiary/aromatic N) is 2. The molecular weight excluding hydrogens is 360 g/mol. The molecule has 1 aromatic heterocycles. The Balaban J connectivity index is 2.19. The van der Waals surface area contributed by atoms with E-state index in [1.807, 2.05) is 0 Å². The molecule has 0 aliphatic heterocycles. The third-order valence-corrected chi connectivity index (χ3v) is 4.97. The van der Waals surface area contributed by atoms with E-state index in [1.54, 1.807) is 13.1 Å². The van der Waals surface area contributed by atoms with Gasteiger partial charge in [-0.3, -0.25) is 4.68 Å². The summed E-state index contributed by atoms with van der Waals surface area (Å²) in [5, 5.41) is 3.96. The Labute approximate surface area is 131 Å². The maximum absolute atomic E-state index is 12.2. The SMILES string of the molecule is COc1ccc(S(=O)(=O)NCc2cnn(C)c2N)cc1Br. The quantitative estimate of drug-likeness (QED) is 0.820. The Kier molecular flexibility index (Phi) is 4.55. The molecule has 2 aromatic rings. The summed E-state index contributed by atoms with van der Waals surface area (Å²) in [6, 6.07) is 4.53. The van der Waals surface area contributed by atoms with Crippen LogP contribution in [0.2, 0.25) is 0 Å². The van der Waals surface area contributed by atoms with Gasteiger partial charge in [0.1, 0.15) is 11.6 Å². The highest BCUT2D eigenvalue weighted by Crippen LogP contribution is 2.27. The predicted octanol–water partition coefficient (Wildman–Crippen LogP) is 1.25. The molecule has 21 heavy (non-hydrogen) atoms. The van der Waals surface area contributed by atoms with Crippen molar-refractivity contribution in [3.63, 3.8) is 0 Å². The van der Waals surface area contributed by atoms with E-state index >= 15 is 0 Å². The van der Waals surface area contributed by atoms with Gasteiger partial charge in [0.2, 0.25) is 10.0 Å². The van der Waals surface area contributed by atoms with Crippen molar-refractivity contribution < 1.29 is 13.2 Å². The van der Waals surface area contributed by atoms with Crippen molar-refractivity contribution in [3.05, 3.63) is 34.4 Å². The molecule has 0 atom stereocenters. The van der Waals surface area contributed by atoms with Crippen molar-refractivity contribution in [2.75, 3.05) is 12.8 Å². The number of aromatic nitrogens is 2. The summed E-state index contributed by atoms with van der Waals surface area (Å²) in [7, 11) is -0.442. The molecule has 0 amide bonds. The smallest absolute Gasteiger partial charge is 0.240 e. The second kappa shape index (κ2) is 6.04. The summed E-state index contributed by atoms with van der Waals surface area (Å²) in [6.45, 7) is 0.0751. The van der Waals surface area contributed by atoms with Crippen LogP contribution in [0.25, 0.3) is 0 Å². The Morgan fingerprint density at radius 3 is 2.71 bits per heavy atom. The van der Waals surface area contributed by atoms with Gasteiger partial charge in [0, 0.05) is 19.2 Å². The van der Waals surface area contributed by atoms with Crippen LogP contribution in [0.3, 0.4) is 0 Å². The summed E-state index contributed by atoms with van der Waals surface area (Å²) in [5.74, 6) is 0.985. The molecule has 0 radical (unpaired) electrons. The van der Waals surface area contributed by atoms with Crippen LogP contribution in [0.15, 0.2) is 33.8 Å². The summed E-state index contributed by atoms with van der Waals surface area (Å²) >= 11 is 3.26. The monoisotopic (exact) mass is 374 g/mol. The Morgan fingerprint density at radius 1 is 1.48 bits per heavy atom. The van der Waals surface area contributed by atoms with Gasteiger partial charge >= 0.3 is 0 Å². The highest BCUT2D eigenvalue weighted by atomic mass is 79.9. The lowest BCUT2D eigenvalue weighted by atomic mass is 10.3. The van der Waals surface area contributed by atoms with Crippen molar-refractivity contribution in [2.45, 2.75) is 11.4 Å².